The third kappa shape index (κ3) is 3.94. The zero-order chi connectivity index (χ0) is 12.0. The van der Waals surface area contributed by atoms with Gasteiger partial charge in [0.1, 0.15) is 0 Å². The van der Waals surface area contributed by atoms with E-state index in [2.05, 4.69) is 48.2 Å². The second-order valence-corrected chi connectivity index (χ2v) is 4.31. The Labute approximate surface area is 98.4 Å². The Balaban J connectivity index is 2.16. The molecule has 16 heavy (non-hydrogen) atoms. The van der Waals surface area contributed by atoms with Gasteiger partial charge in [-0.15, -0.1) is 0 Å². The molecule has 4 heteroatoms. The van der Waals surface area contributed by atoms with Crippen LogP contribution in [0.2, 0.25) is 0 Å². The van der Waals surface area contributed by atoms with E-state index in [0.29, 0.717) is 0 Å². The first-order valence-corrected chi connectivity index (χ1v) is 6.04. The zero-order valence-electron chi connectivity index (χ0n) is 10.9. The molecule has 0 fully saturated rings. The minimum atomic E-state index is 1.03. The predicted molar refractivity (Wildman–Crippen MR) is 67.8 cm³/mol. The topological polar surface area (TPSA) is 44.0 Å². The number of hydrogen-bond donors (Lipinski definition) is 2. The average Bonchev–Trinajstić information content (AvgIpc) is 2.59. The molecule has 0 bridgehead atoms. The van der Waals surface area contributed by atoms with Crippen LogP contribution in [0.5, 0.6) is 0 Å². The molecule has 92 valence electrons. The summed E-state index contributed by atoms with van der Waals surface area (Å²) in [6.45, 7) is 10.6. The third-order valence-electron chi connectivity index (χ3n) is 3.04. The van der Waals surface area contributed by atoms with Gasteiger partial charge in [0.05, 0.1) is 5.69 Å². The predicted octanol–water partition coefficient (Wildman–Crippen LogP) is 1.11. The fraction of sp³-hybridized carbons (Fsp3) is 0.750. The first-order valence-electron chi connectivity index (χ1n) is 6.04. The van der Waals surface area contributed by atoms with E-state index in [1.54, 1.807) is 0 Å². The van der Waals surface area contributed by atoms with Crippen LogP contribution in [-0.2, 0) is 6.42 Å². The van der Waals surface area contributed by atoms with Gasteiger partial charge in [0.2, 0.25) is 0 Å². The van der Waals surface area contributed by atoms with Crippen molar-refractivity contribution in [1.29, 1.82) is 0 Å². The fourth-order valence-corrected chi connectivity index (χ4v) is 1.71. The van der Waals surface area contributed by atoms with Gasteiger partial charge in [-0.25, -0.2) is 0 Å². The van der Waals surface area contributed by atoms with E-state index in [9.17, 15) is 0 Å². The van der Waals surface area contributed by atoms with E-state index in [0.717, 1.165) is 38.3 Å². The molecule has 4 nitrogen and oxygen atoms in total. The van der Waals surface area contributed by atoms with Gasteiger partial charge in [0.15, 0.2) is 0 Å². The van der Waals surface area contributed by atoms with E-state index >= 15 is 0 Å². The highest BCUT2D eigenvalue weighted by Gasteiger charge is 2.04. The highest BCUT2D eigenvalue weighted by Crippen LogP contribution is 2.08. The van der Waals surface area contributed by atoms with Crippen LogP contribution in [0, 0.1) is 13.8 Å². The number of nitrogens with one attached hydrogen (secondary N) is 2. The summed E-state index contributed by atoms with van der Waals surface area (Å²) in [6, 6.07) is 0. The lowest BCUT2D eigenvalue weighted by Crippen LogP contribution is -2.30. The van der Waals surface area contributed by atoms with Crippen molar-refractivity contribution in [2.45, 2.75) is 27.2 Å². The maximum absolute atomic E-state index is 4.20. The van der Waals surface area contributed by atoms with Crippen LogP contribution in [0.4, 0.5) is 0 Å². The van der Waals surface area contributed by atoms with Gasteiger partial charge >= 0.3 is 0 Å². The van der Waals surface area contributed by atoms with E-state index in [1.165, 1.54) is 11.3 Å². The standard InChI is InChI=1S/C12H24N4/c1-5-16(4)9-8-13-7-6-12-10(2)14-15-11(12)3/h13H,5-9H2,1-4H3,(H,14,15). The molecule has 0 radical (unpaired) electrons. The maximum Gasteiger partial charge on any atom is 0.0626 e. The molecule has 1 aromatic heterocycles. The molecular weight excluding hydrogens is 200 g/mol. The monoisotopic (exact) mass is 224 g/mol. The highest BCUT2D eigenvalue weighted by atomic mass is 15.1. The number of hydrogen-bond acceptors (Lipinski definition) is 3. The summed E-state index contributed by atoms with van der Waals surface area (Å²) in [5.41, 5.74) is 3.69. The second kappa shape index (κ2) is 6.66. The zero-order valence-corrected chi connectivity index (χ0v) is 10.9. The van der Waals surface area contributed by atoms with E-state index in [1.807, 2.05) is 0 Å². The van der Waals surface area contributed by atoms with Crippen LogP contribution < -0.4 is 5.32 Å². The van der Waals surface area contributed by atoms with Crippen molar-refractivity contribution in [2.24, 2.45) is 0 Å². The molecule has 1 aromatic rings. The summed E-state index contributed by atoms with van der Waals surface area (Å²) >= 11 is 0. The van der Waals surface area contributed by atoms with Gasteiger partial charge < -0.3 is 10.2 Å². The van der Waals surface area contributed by atoms with Crippen LogP contribution in [0.3, 0.4) is 0 Å². The van der Waals surface area contributed by atoms with E-state index in [4.69, 9.17) is 0 Å². The smallest absolute Gasteiger partial charge is 0.0626 e. The molecule has 0 spiro atoms. The number of H-pyrrole nitrogens is 1. The van der Waals surface area contributed by atoms with Crippen molar-refractivity contribution in [3.8, 4) is 0 Å². The van der Waals surface area contributed by atoms with Crippen molar-refractivity contribution >= 4 is 0 Å². The minimum Gasteiger partial charge on any atom is -0.315 e. The number of nitrogens with zero attached hydrogens (tertiary/aromatic N) is 2. The van der Waals surface area contributed by atoms with Crippen LogP contribution in [-0.4, -0.2) is 48.3 Å². The van der Waals surface area contributed by atoms with E-state index < -0.39 is 0 Å². The van der Waals surface area contributed by atoms with Gasteiger partial charge in [-0.05, 0) is 46.0 Å². The summed E-state index contributed by atoms with van der Waals surface area (Å²) in [7, 11) is 2.14. The molecule has 0 aliphatic carbocycles. The number of aromatic amines is 1. The van der Waals surface area contributed by atoms with Gasteiger partial charge in [-0.1, -0.05) is 6.92 Å². The molecule has 0 amide bonds. The minimum absolute atomic E-state index is 1.03. The third-order valence-corrected chi connectivity index (χ3v) is 3.04. The molecule has 1 rings (SSSR count). The molecule has 0 atom stereocenters. The molecular formula is C12H24N4. The number of likely N-dealkylation sites (N-methyl/N-ethyl adjacent to an activating group) is 1. The second-order valence-electron chi connectivity index (χ2n) is 4.31. The largest absolute Gasteiger partial charge is 0.315 e. The Morgan fingerprint density at radius 2 is 2.06 bits per heavy atom. The van der Waals surface area contributed by atoms with Crippen molar-refractivity contribution in [1.82, 2.24) is 20.4 Å². The molecule has 0 aliphatic heterocycles. The van der Waals surface area contributed by atoms with Crippen molar-refractivity contribution < 1.29 is 0 Å². The molecule has 0 saturated heterocycles. The first-order chi connectivity index (χ1) is 7.65. The molecule has 0 aliphatic rings. The fourth-order valence-electron chi connectivity index (χ4n) is 1.71. The van der Waals surface area contributed by atoms with Crippen molar-refractivity contribution in [3.05, 3.63) is 17.0 Å². The number of rotatable bonds is 7. The summed E-state index contributed by atoms with van der Waals surface area (Å²) in [5, 5.41) is 10.7. The molecule has 0 aromatic carbocycles. The average molecular weight is 224 g/mol. The van der Waals surface area contributed by atoms with Gasteiger partial charge in [-0.2, -0.15) is 5.10 Å². The van der Waals surface area contributed by atoms with Gasteiger partial charge in [0, 0.05) is 18.8 Å². The summed E-state index contributed by atoms with van der Waals surface area (Å²) in [5.74, 6) is 0. The Morgan fingerprint density at radius 1 is 1.31 bits per heavy atom. The van der Waals surface area contributed by atoms with Crippen LogP contribution in [0.25, 0.3) is 0 Å². The Morgan fingerprint density at radius 3 is 2.62 bits per heavy atom. The number of aromatic nitrogens is 2. The van der Waals surface area contributed by atoms with E-state index in [-0.39, 0.29) is 0 Å². The molecule has 0 saturated carbocycles. The van der Waals surface area contributed by atoms with Crippen LogP contribution in [0.15, 0.2) is 0 Å². The SMILES string of the molecule is CCN(C)CCNCCc1c(C)n[nH]c1C. The highest BCUT2D eigenvalue weighted by molar-refractivity contribution is 5.23. The van der Waals surface area contributed by atoms with Crippen molar-refractivity contribution in [3.63, 3.8) is 0 Å². The lowest BCUT2D eigenvalue weighted by atomic mass is 10.1. The summed E-state index contributed by atoms with van der Waals surface area (Å²) < 4.78 is 0. The maximum atomic E-state index is 4.20. The quantitative estimate of drug-likeness (QED) is 0.682. The lowest BCUT2D eigenvalue weighted by molar-refractivity contribution is 0.349. The lowest BCUT2D eigenvalue weighted by Gasteiger charge is -2.13. The molecule has 1 heterocycles. The Hall–Kier alpha value is -0.870. The normalized spacial score (nSPS) is 11.3. The van der Waals surface area contributed by atoms with Crippen molar-refractivity contribution in [2.75, 3.05) is 33.2 Å². The Bertz CT molecular complexity index is 286. The number of aryl methyl sites for hydroxylation is 2. The first kappa shape index (κ1) is 13.2. The van der Waals surface area contributed by atoms with Gasteiger partial charge in [0.25, 0.3) is 0 Å². The molecule has 0 unspecified atom stereocenters. The molecule has 2 N–H and O–H groups in total. The Kier molecular flexibility index (Phi) is 5.49. The van der Waals surface area contributed by atoms with Gasteiger partial charge in [-0.3, -0.25) is 5.10 Å². The van der Waals surface area contributed by atoms with Crippen LogP contribution in [0.1, 0.15) is 23.9 Å². The van der Waals surface area contributed by atoms with Crippen LogP contribution >= 0.6 is 0 Å². The summed E-state index contributed by atoms with van der Waals surface area (Å²) in [6.07, 6.45) is 1.06. The summed E-state index contributed by atoms with van der Waals surface area (Å²) in [4.78, 5) is 2.31.